The first-order valence-corrected chi connectivity index (χ1v) is 9.83. The highest BCUT2D eigenvalue weighted by Gasteiger charge is 2.17. The molecule has 0 heterocycles. The van der Waals surface area contributed by atoms with Crippen LogP contribution in [0.3, 0.4) is 0 Å². The molecule has 0 aromatic heterocycles. The molecule has 0 aliphatic rings. The number of hydrogen-bond donors (Lipinski definition) is 3. The van der Waals surface area contributed by atoms with Crippen molar-refractivity contribution in [3.05, 3.63) is 42.0 Å². The number of benzene rings is 2. The summed E-state index contributed by atoms with van der Waals surface area (Å²) in [6, 6.07) is 9.80. The zero-order valence-corrected chi connectivity index (χ0v) is 18.4. The van der Waals surface area contributed by atoms with Gasteiger partial charge in [0.05, 0.1) is 27.9 Å². The summed E-state index contributed by atoms with van der Waals surface area (Å²) in [7, 11) is 4.31. The number of hydrogen-bond acceptors (Lipinski definition) is 7. The third-order valence-corrected chi connectivity index (χ3v) is 4.27. The summed E-state index contributed by atoms with van der Waals surface area (Å²) in [5.41, 5.74) is 5.35. The number of rotatable bonds is 10. The smallest absolute Gasteiger partial charge is 0.269 e. The molecule has 10 nitrogen and oxygen atoms in total. The summed E-state index contributed by atoms with van der Waals surface area (Å²) in [6.07, 6.45) is -0.169. The van der Waals surface area contributed by atoms with Gasteiger partial charge in [0.1, 0.15) is 5.75 Å². The van der Waals surface area contributed by atoms with E-state index in [1.165, 1.54) is 33.5 Å². The summed E-state index contributed by atoms with van der Waals surface area (Å²) >= 11 is 0. The standard InChI is InChI=1S/C22H27N3O7/c1-5-32-16-8-6-15(7-9-16)23-19(26)10-11-20(27)24-25-22(28)14-12-17(29-2)21(31-4)18(13-14)30-3/h6-9,12-13H,5,10-11H2,1-4H3,(H,23,26)(H,24,27)(H,25,28). The molecule has 172 valence electrons. The summed E-state index contributed by atoms with van der Waals surface area (Å²) in [6.45, 7) is 2.44. The lowest BCUT2D eigenvalue weighted by atomic mass is 10.1. The molecule has 2 rings (SSSR count). The van der Waals surface area contributed by atoms with Crippen LogP contribution in [0.5, 0.6) is 23.0 Å². The number of amides is 3. The number of hydrazine groups is 1. The number of nitrogens with one attached hydrogen (secondary N) is 3. The van der Waals surface area contributed by atoms with Gasteiger partial charge in [-0.05, 0) is 43.3 Å². The van der Waals surface area contributed by atoms with Crippen molar-refractivity contribution in [2.24, 2.45) is 0 Å². The molecule has 0 bridgehead atoms. The maximum atomic E-state index is 12.4. The largest absolute Gasteiger partial charge is 0.494 e. The second-order valence-electron chi connectivity index (χ2n) is 6.42. The first-order valence-electron chi connectivity index (χ1n) is 9.83. The maximum Gasteiger partial charge on any atom is 0.269 e. The predicted octanol–water partition coefficient (Wildman–Crippen LogP) is 2.29. The molecular weight excluding hydrogens is 418 g/mol. The molecule has 0 atom stereocenters. The molecule has 0 fully saturated rings. The molecule has 0 saturated carbocycles. The molecule has 3 amide bonds. The number of carbonyl (C=O) groups excluding carboxylic acids is 3. The van der Waals surface area contributed by atoms with E-state index < -0.39 is 11.8 Å². The average molecular weight is 445 g/mol. The molecule has 2 aromatic rings. The molecule has 0 saturated heterocycles. The Labute approximate surface area is 186 Å². The predicted molar refractivity (Wildman–Crippen MR) is 117 cm³/mol. The van der Waals surface area contributed by atoms with E-state index in [-0.39, 0.29) is 24.3 Å². The van der Waals surface area contributed by atoms with Gasteiger partial charge in [-0.25, -0.2) is 0 Å². The van der Waals surface area contributed by atoms with Crippen LogP contribution in [0, 0.1) is 0 Å². The topological polar surface area (TPSA) is 124 Å². The molecule has 0 unspecified atom stereocenters. The maximum absolute atomic E-state index is 12.4. The minimum absolute atomic E-state index is 0.0565. The molecular formula is C22H27N3O7. The Balaban J connectivity index is 1.83. The van der Waals surface area contributed by atoms with Crippen molar-refractivity contribution < 1.29 is 33.3 Å². The second kappa shape index (κ2) is 12.0. The fourth-order valence-corrected chi connectivity index (χ4v) is 2.73. The van der Waals surface area contributed by atoms with Gasteiger partial charge in [0.25, 0.3) is 5.91 Å². The van der Waals surface area contributed by atoms with E-state index in [1.54, 1.807) is 24.3 Å². The van der Waals surface area contributed by atoms with Crippen LogP contribution in [0.4, 0.5) is 5.69 Å². The minimum atomic E-state index is -0.587. The van der Waals surface area contributed by atoms with Crippen molar-refractivity contribution >= 4 is 23.4 Å². The fourth-order valence-electron chi connectivity index (χ4n) is 2.73. The highest BCUT2D eigenvalue weighted by Crippen LogP contribution is 2.38. The first kappa shape index (κ1) is 24.3. The Morgan fingerprint density at radius 3 is 1.94 bits per heavy atom. The quantitative estimate of drug-likeness (QED) is 0.479. The molecule has 0 aliphatic heterocycles. The van der Waals surface area contributed by atoms with Gasteiger partial charge in [-0.2, -0.15) is 0 Å². The lowest BCUT2D eigenvalue weighted by Gasteiger charge is -2.14. The lowest BCUT2D eigenvalue weighted by molar-refractivity contribution is -0.124. The van der Waals surface area contributed by atoms with Gasteiger partial charge >= 0.3 is 0 Å². The zero-order valence-electron chi connectivity index (χ0n) is 18.4. The summed E-state index contributed by atoms with van der Waals surface area (Å²) < 4.78 is 21.0. The van der Waals surface area contributed by atoms with E-state index in [0.717, 1.165) is 0 Å². The van der Waals surface area contributed by atoms with Gasteiger partial charge in [0.15, 0.2) is 11.5 Å². The first-order chi connectivity index (χ1) is 15.4. The number of carbonyl (C=O) groups is 3. The van der Waals surface area contributed by atoms with E-state index in [9.17, 15) is 14.4 Å². The molecule has 0 aliphatic carbocycles. The highest BCUT2D eigenvalue weighted by molar-refractivity contribution is 5.97. The van der Waals surface area contributed by atoms with Gasteiger partial charge in [0.2, 0.25) is 17.6 Å². The Morgan fingerprint density at radius 2 is 1.41 bits per heavy atom. The fraction of sp³-hybridized carbons (Fsp3) is 0.318. The number of methoxy groups -OCH3 is 3. The van der Waals surface area contributed by atoms with Gasteiger partial charge in [0, 0.05) is 24.1 Å². The van der Waals surface area contributed by atoms with E-state index in [0.29, 0.717) is 35.3 Å². The van der Waals surface area contributed by atoms with Crippen LogP contribution in [0.25, 0.3) is 0 Å². The van der Waals surface area contributed by atoms with Crippen LogP contribution in [0.15, 0.2) is 36.4 Å². The molecule has 0 radical (unpaired) electrons. The average Bonchev–Trinajstić information content (AvgIpc) is 2.81. The summed E-state index contributed by atoms with van der Waals surface area (Å²) in [5, 5.41) is 2.69. The van der Waals surface area contributed by atoms with Crippen LogP contribution < -0.4 is 35.1 Å². The third kappa shape index (κ3) is 6.79. The molecule has 32 heavy (non-hydrogen) atoms. The number of ether oxygens (including phenoxy) is 4. The second-order valence-corrected chi connectivity index (χ2v) is 6.42. The van der Waals surface area contributed by atoms with Crippen molar-refractivity contribution in [1.29, 1.82) is 0 Å². The van der Waals surface area contributed by atoms with Crippen LogP contribution in [-0.2, 0) is 9.59 Å². The van der Waals surface area contributed by atoms with E-state index in [4.69, 9.17) is 18.9 Å². The minimum Gasteiger partial charge on any atom is -0.494 e. The van der Waals surface area contributed by atoms with Crippen LogP contribution >= 0.6 is 0 Å². The van der Waals surface area contributed by atoms with Gasteiger partial charge < -0.3 is 24.3 Å². The van der Waals surface area contributed by atoms with Crippen LogP contribution in [-0.4, -0.2) is 45.7 Å². The zero-order chi connectivity index (χ0) is 23.5. The van der Waals surface area contributed by atoms with Crippen LogP contribution in [0.1, 0.15) is 30.1 Å². The van der Waals surface area contributed by atoms with Gasteiger partial charge in [-0.1, -0.05) is 0 Å². The van der Waals surface area contributed by atoms with Crippen molar-refractivity contribution in [3.8, 4) is 23.0 Å². The Morgan fingerprint density at radius 1 is 0.812 bits per heavy atom. The summed E-state index contributed by atoms with van der Waals surface area (Å²) in [4.78, 5) is 36.4. The molecule has 2 aromatic carbocycles. The molecule has 10 heteroatoms. The van der Waals surface area contributed by atoms with Crippen molar-refractivity contribution in [2.75, 3.05) is 33.3 Å². The van der Waals surface area contributed by atoms with Crippen LogP contribution in [0.2, 0.25) is 0 Å². The van der Waals surface area contributed by atoms with E-state index in [1.807, 2.05) is 6.92 Å². The Kier molecular flexibility index (Phi) is 9.15. The van der Waals surface area contributed by atoms with Crippen molar-refractivity contribution in [2.45, 2.75) is 19.8 Å². The monoisotopic (exact) mass is 445 g/mol. The number of anilines is 1. The Hall–Kier alpha value is -3.95. The van der Waals surface area contributed by atoms with E-state index >= 15 is 0 Å². The molecule has 3 N–H and O–H groups in total. The van der Waals surface area contributed by atoms with Crippen molar-refractivity contribution in [1.82, 2.24) is 10.9 Å². The highest BCUT2D eigenvalue weighted by atomic mass is 16.5. The summed E-state index contributed by atoms with van der Waals surface area (Å²) in [5.74, 6) is 0.203. The third-order valence-electron chi connectivity index (χ3n) is 4.27. The van der Waals surface area contributed by atoms with Crippen molar-refractivity contribution in [3.63, 3.8) is 0 Å². The van der Waals surface area contributed by atoms with Gasteiger partial charge in [-0.3, -0.25) is 25.2 Å². The lowest BCUT2D eigenvalue weighted by Crippen LogP contribution is -2.41. The van der Waals surface area contributed by atoms with E-state index in [2.05, 4.69) is 16.2 Å². The normalized spacial score (nSPS) is 10.0. The van der Waals surface area contributed by atoms with Gasteiger partial charge in [-0.15, -0.1) is 0 Å². The Bertz CT molecular complexity index is 920. The molecule has 0 spiro atoms. The SMILES string of the molecule is CCOc1ccc(NC(=O)CCC(=O)NNC(=O)c2cc(OC)c(OC)c(OC)c2)cc1.